The van der Waals surface area contributed by atoms with E-state index in [0.717, 1.165) is 32.5 Å². The van der Waals surface area contributed by atoms with E-state index in [1.807, 2.05) is 0 Å². The first-order valence-corrected chi connectivity index (χ1v) is 10.4. The third-order valence-electron chi connectivity index (χ3n) is 5.82. The molecule has 156 valence electrons. The number of carbonyl (C=O) groups excluding carboxylic acids is 1. The molecule has 2 aliphatic heterocycles. The number of morpholine rings is 1. The van der Waals surface area contributed by atoms with Gasteiger partial charge in [-0.3, -0.25) is 9.69 Å². The molecule has 0 bridgehead atoms. The summed E-state index contributed by atoms with van der Waals surface area (Å²) in [6.45, 7) is 7.67. The summed E-state index contributed by atoms with van der Waals surface area (Å²) >= 11 is 6.19. The predicted octanol–water partition coefficient (Wildman–Crippen LogP) is 3.77. The first-order valence-electron chi connectivity index (χ1n) is 10.0. The van der Waals surface area contributed by atoms with Gasteiger partial charge in [0.2, 0.25) is 0 Å². The molecule has 29 heavy (non-hydrogen) atoms. The molecule has 1 amide bonds. The Kier molecular flexibility index (Phi) is 5.90. The Morgan fingerprint density at radius 3 is 2.72 bits per heavy atom. The Morgan fingerprint density at radius 1 is 1.28 bits per heavy atom. The summed E-state index contributed by atoms with van der Waals surface area (Å²) in [6, 6.07) is 4.85. The van der Waals surface area contributed by atoms with Gasteiger partial charge in [-0.2, -0.15) is 0 Å². The summed E-state index contributed by atoms with van der Waals surface area (Å²) in [5.74, 6) is -0.347. The molecule has 1 aromatic carbocycles. The molecular formula is C21H25ClFN3O3. The minimum absolute atomic E-state index is 0.103. The highest BCUT2D eigenvalue weighted by Gasteiger charge is 2.33. The number of aromatic nitrogens is 1. The van der Waals surface area contributed by atoms with Crippen molar-refractivity contribution in [2.75, 3.05) is 32.8 Å². The summed E-state index contributed by atoms with van der Waals surface area (Å²) in [7, 11) is 0. The summed E-state index contributed by atoms with van der Waals surface area (Å²) in [5, 5.41) is 4.15. The fraction of sp³-hybridized carbons (Fsp3) is 0.524. The lowest BCUT2D eigenvalue weighted by atomic mass is 9.99. The van der Waals surface area contributed by atoms with Gasteiger partial charge in [0.1, 0.15) is 22.8 Å². The molecule has 0 aliphatic carbocycles. The maximum atomic E-state index is 14.4. The van der Waals surface area contributed by atoms with Gasteiger partial charge in [-0.05, 0) is 38.8 Å². The molecule has 2 aromatic rings. The molecule has 2 aliphatic rings. The van der Waals surface area contributed by atoms with Crippen molar-refractivity contribution in [2.45, 2.75) is 38.8 Å². The van der Waals surface area contributed by atoms with Gasteiger partial charge in [-0.1, -0.05) is 22.8 Å². The maximum absolute atomic E-state index is 14.4. The van der Waals surface area contributed by atoms with Gasteiger partial charge in [0.05, 0.1) is 23.3 Å². The molecule has 0 radical (unpaired) electrons. The van der Waals surface area contributed by atoms with Gasteiger partial charge >= 0.3 is 0 Å². The molecule has 1 unspecified atom stereocenters. The minimum Gasteiger partial charge on any atom is -0.376 e. The zero-order valence-electron chi connectivity index (χ0n) is 16.7. The van der Waals surface area contributed by atoms with Crippen molar-refractivity contribution in [3.63, 3.8) is 0 Å². The van der Waals surface area contributed by atoms with Crippen molar-refractivity contribution in [1.82, 2.24) is 15.0 Å². The highest BCUT2D eigenvalue weighted by Crippen LogP contribution is 2.34. The van der Waals surface area contributed by atoms with Gasteiger partial charge in [0.25, 0.3) is 5.91 Å². The number of nitrogens with zero attached hydrogens (tertiary/aromatic N) is 3. The molecule has 1 aromatic heterocycles. The first-order chi connectivity index (χ1) is 14.0. The molecule has 1 atom stereocenters. The van der Waals surface area contributed by atoms with Crippen LogP contribution in [0.4, 0.5) is 4.39 Å². The van der Waals surface area contributed by atoms with Gasteiger partial charge < -0.3 is 14.2 Å². The average Bonchev–Trinajstić information content (AvgIpc) is 3.08. The van der Waals surface area contributed by atoms with Crippen LogP contribution in [0.2, 0.25) is 5.02 Å². The summed E-state index contributed by atoms with van der Waals surface area (Å²) in [4.78, 5) is 17.5. The maximum Gasteiger partial charge on any atom is 0.259 e. The highest BCUT2D eigenvalue weighted by atomic mass is 35.5. The van der Waals surface area contributed by atoms with Crippen molar-refractivity contribution in [2.24, 2.45) is 0 Å². The lowest BCUT2D eigenvalue weighted by molar-refractivity contribution is -0.0423. The van der Waals surface area contributed by atoms with E-state index >= 15 is 0 Å². The molecule has 0 spiro atoms. The predicted molar refractivity (Wildman–Crippen MR) is 108 cm³/mol. The van der Waals surface area contributed by atoms with E-state index in [-0.39, 0.29) is 33.9 Å². The Morgan fingerprint density at radius 2 is 2.03 bits per heavy atom. The third kappa shape index (κ3) is 4.04. The number of carbonyl (C=O) groups is 1. The van der Waals surface area contributed by atoms with Crippen LogP contribution in [0.3, 0.4) is 0 Å². The Balaban J connectivity index is 1.51. The number of ether oxygens (including phenoxy) is 1. The van der Waals surface area contributed by atoms with Crippen LogP contribution in [-0.2, 0) is 4.74 Å². The van der Waals surface area contributed by atoms with Gasteiger partial charge in [-0.25, -0.2) is 4.39 Å². The number of likely N-dealkylation sites (tertiary alicyclic amines) is 1. The van der Waals surface area contributed by atoms with Crippen molar-refractivity contribution < 1.29 is 18.4 Å². The van der Waals surface area contributed by atoms with Crippen LogP contribution in [0, 0.1) is 12.7 Å². The van der Waals surface area contributed by atoms with Crippen LogP contribution >= 0.6 is 11.6 Å². The topological polar surface area (TPSA) is 58.8 Å². The van der Waals surface area contributed by atoms with Crippen molar-refractivity contribution in [3.8, 4) is 11.3 Å². The van der Waals surface area contributed by atoms with Gasteiger partial charge in [0, 0.05) is 32.2 Å². The van der Waals surface area contributed by atoms with Crippen LogP contribution in [-0.4, -0.2) is 65.8 Å². The molecule has 0 saturated carbocycles. The molecule has 3 heterocycles. The number of amides is 1. The smallest absolute Gasteiger partial charge is 0.259 e. The number of halogens is 2. The van der Waals surface area contributed by atoms with E-state index in [1.54, 1.807) is 17.9 Å². The largest absolute Gasteiger partial charge is 0.376 e. The quantitative estimate of drug-likeness (QED) is 0.755. The number of aryl methyl sites for hydroxylation is 1. The second kappa shape index (κ2) is 8.42. The van der Waals surface area contributed by atoms with Crippen LogP contribution in [0.15, 0.2) is 22.7 Å². The highest BCUT2D eigenvalue weighted by molar-refractivity contribution is 6.33. The molecule has 2 saturated heterocycles. The van der Waals surface area contributed by atoms with E-state index in [9.17, 15) is 9.18 Å². The van der Waals surface area contributed by atoms with Gasteiger partial charge in [-0.15, -0.1) is 0 Å². The van der Waals surface area contributed by atoms with E-state index in [1.165, 1.54) is 12.1 Å². The molecule has 4 rings (SSSR count). The molecule has 0 N–H and O–H groups in total. The van der Waals surface area contributed by atoms with Crippen LogP contribution in [0.25, 0.3) is 11.3 Å². The molecule has 6 nitrogen and oxygen atoms in total. The number of benzene rings is 1. The lowest BCUT2D eigenvalue weighted by Gasteiger charge is -2.41. The van der Waals surface area contributed by atoms with E-state index in [2.05, 4.69) is 17.0 Å². The van der Waals surface area contributed by atoms with Crippen LogP contribution in [0.1, 0.15) is 35.9 Å². The monoisotopic (exact) mass is 421 g/mol. The second-order valence-electron chi connectivity index (χ2n) is 7.76. The van der Waals surface area contributed by atoms with Crippen molar-refractivity contribution >= 4 is 17.5 Å². The number of piperidine rings is 1. The normalized spacial score (nSPS) is 21.5. The standard InChI is InChI=1S/C21H25ClFN3O3/c1-13-12-26(10-11-28-13)15-6-8-25(9-7-15)21(27)18-14(2)29-24-20(18)19-16(22)4-3-5-17(19)23/h3-5,13,15H,6-12H2,1-2H3. The Labute approximate surface area is 174 Å². The van der Waals surface area contributed by atoms with Crippen molar-refractivity contribution in [1.29, 1.82) is 0 Å². The van der Waals surface area contributed by atoms with Crippen LogP contribution in [0.5, 0.6) is 0 Å². The lowest BCUT2D eigenvalue weighted by Crippen LogP contribution is -2.51. The Hall–Kier alpha value is -1.96. The van der Waals surface area contributed by atoms with E-state index in [0.29, 0.717) is 24.9 Å². The van der Waals surface area contributed by atoms with Crippen molar-refractivity contribution in [3.05, 3.63) is 40.4 Å². The van der Waals surface area contributed by atoms with Gasteiger partial charge in [0.15, 0.2) is 0 Å². The second-order valence-corrected chi connectivity index (χ2v) is 8.17. The fourth-order valence-electron chi connectivity index (χ4n) is 4.29. The number of hydrogen-bond donors (Lipinski definition) is 0. The fourth-order valence-corrected chi connectivity index (χ4v) is 4.54. The minimum atomic E-state index is -0.528. The Bertz CT molecular complexity index is 875. The van der Waals surface area contributed by atoms with E-state index < -0.39 is 5.82 Å². The SMILES string of the molecule is Cc1onc(-c2c(F)cccc2Cl)c1C(=O)N1CCC(N2CCOC(C)C2)CC1. The molecular weight excluding hydrogens is 397 g/mol. The zero-order valence-corrected chi connectivity index (χ0v) is 17.4. The molecule has 8 heteroatoms. The average molecular weight is 422 g/mol. The zero-order chi connectivity index (χ0) is 20.5. The summed E-state index contributed by atoms with van der Waals surface area (Å²) in [6.07, 6.45) is 2.05. The van der Waals surface area contributed by atoms with E-state index in [4.69, 9.17) is 20.9 Å². The van der Waals surface area contributed by atoms with Crippen LogP contribution < -0.4 is 0 Å². The summed E-state index contributed by atoms with van der Waals surface area (Å²) < 4.78 is 25.3. The number of rotatable bonds is 3. The summed E-state index contributed by atoms with van der Waals surface area (Å²) in [5.41, 5.74) is 0.557. The molecule has 2 fully saturated rings. The number of hydrogen-bond acceptors (Lipinski definition) is 5. The first kappa shape index (κ1) is 20.3. The third-order valence-corrected chi connectivity index (χ3v) is 6.13.